The van der Waals surface area contributed by atoms with Crippen molar-refractivity contribution in [3.05, 3.63) is 64.4 Å². The molecule has 1 saturated carbocycles. The van der Waals surface area contributed by atoms with Crippen molar-refractivity contribution >= 4 is 17.3 Å². The fourth-order valence-corrected chi connectivity index (χ4v) is 4.21. The van der Waals surface area contributed by atoms with Crippen molar-refractivity contribution in [2.45, 2.75) is 52.0 Å². The molecule has 1 fully saturated rings. The molecule has 0 bridgehead atoms. The van der Waals surface area contributed by atoms with Crippen molar-refractivity contribution in [1.29, 1.82) is 0 Å². The monoisotopic (exact) mass is 395 g/mol. The average molecular weight is 396 g/mol. The summed E-state index contributed by atoms with van der Waals surface area (Å²) >= 11 is 6.37. The Morgan fingerprint density at radius 2 is 1.89 bits per heavy atom. The summed E-state index contributed by atoms with van der Waals surface area (Å²) in [4.78, 5) is 0. The van der Waals surface area contributed by atoms with E-state index >= 15 is 0 Å². The van der Waals surface area contributed by atoms with Crippen LogP contribution in [0.3, 0.4) is 0 Å². The average Bonchev–Trinajstić information content (AvgIpc) is 3.17. The lowest BCUT2D eigenvalue weighted by Gasteiger charge is -2.39. The predicted octanol–water partition coefficient (Wildman–Crippen LogP) is 5.45. The van der Waals surface area contributed by atoms with E-state index in [0.717, 1.165) is 53.5 Å². The molecule has 4 rings (SSSR count). The molecule has 1 aliphatic rings. The molecule has 0 amide bonds. The summed E-state index contributed by atoms with van der Waals surface area (Å²) in [5.74, 6) is 1.56. The molecule has 1 heterocycles. The predicted molar refractivity (Wildman–Crippen MR) is 113 cm³/mol. The third-order valence-corrected chi connectivity index (χ3v) is 6.23. The molecule has 3 aromatic rings. The quantitative estimate of drug-likeness (QED) is 0.638. The van der Waals surface area contributed by atoms with E-state index in [-0.39, 0.29) is 5.54 Å². The van der Waals surface area contributed by atoms with Crippen LogP contribution in [0.4, 0.5) is 5.69 Å². The number of nitrogens with one attached hydrogen (secondary N) is 1. The molecule has 0 unspecified atom stereocenters. The number of benzene rings is 2. The molecule has 6 heteroatoms. The van der Waals surface area contributed by atoms with Crippen LogP contribution in [-0.2, 0) is 5.54 Å². The van der Waals surface area contributed by atoms with Crippen molar-refractivity contribution in [1.82, 2.24) is 20.2 Å². The Labute approximate surface area is 171 Å². The molecule has 5 nitrogen and oxygen atoms in total. The van der Waals surface area contributed by atoms with Crippen LogP contribution >= 0.6 is 11.6 Å². The first-order chi connectivity index (χ1) is 13.5. The molecule has 0 spiro atoms. The van der Waals surface area contributed by atoms with Crippen LogP contribution in [0.5, 0.6) is 0 Å². The lowest BCUT2D eigenvalue weighted by Crippen LogP contribution is -2.41. The first kappa shape index (κ1) is 18.9. The minimum Gasteiger partial charge on any atom is -0.373 e. The standard InChI is InChI=1S/C22H26ClN5/c1-15-9-11-22(12-10-15,24-18-6-4-5-16(2)13-18)21-25-26-27-28(21)19-8-7-17(3)20(23)14-19/h4-8,13-15,24H,9-12H2,1-3H3. The minimum atomic E-state index is -0.304. The smallest absolute Gasteiger partial charge is 0.181 e. The molecule has 0 saturated heterocycles. The number of rotatable bonds is 4. The van der Waals surface area contributed by atoms with E-state index < -0.39 is 0 Å². The Hall–Kier alpha value is -2.40. The van der Waals surface area contributed by atoms with Gasteiger partial charge in [-0.3, -0.25) is 0 Å². The first-order valence-electron chi connectivity index (χ1n) is 9.87. The molecule has 28 heavy (non-hydrogen) atoms. The van der Waals surface area contributed by atoms with Gasteiger partial charge in [-0.1, -0.05) is 36.7 Å². The van der Waals surface area contributed by atoms with Gasteiger partial charge in [0.25, 0.3) is 0 Å². The molecule has 1 aliphatic carbocycles. The SMILES string of the molecule is Cc1cccc(NC2(c3nnnn3-c3ccc(C)c(Cl)c3)CCC(C)CC2)c1. The van der Waals surface area contributed by atoms with Gasteiger partial charge in [0.15, 0.2) is 5.82 Å². The van der Waals surface area contributed by atoms with Crippen LogP contribution in [0.15, 0.2) is 42.5 Å². The van der Waals surface area contributed by atoms with Gasteiger partial charge in [0.05, 0.1) is 11.2 Å². The zero-order valence-corrected chi connectivity index (χ0v) is 17.4. The van der Waals surface area contributed by atoms with E-state index in [4.69, 9.17) is 11.6 Å². The van der Waals surface area contributed by atoms with Gasteiger partial charge in [-0.25, -0.2) is 0 Å². The molecule has 1 aromatic heterocycles. The second kappa shape index (κ2) is 7.55. The van der Waals surface area contributed by atoms with Gasteiger partial charge >= 0.3 is 0 Å². The van der Waals surface area contributed by atoms with Crippen molar-refractivity contribution in [3.8, 4) is 5.69 Å². The number of aryl methyl sites for hydroxylation is 2. The van der Waals surface area contributed by atoms with Gasteiger partial charge in [0, 0.05) is 10.7 Å². The molecule has 0 radical (unpaired) electrons. The number of anilines is 1. The van der Waals surface area contributed by atoms with Crippen molar-refractivity contribution in [3.63, 3.8) is 0 Å². The van der Waals surface area contributed by atoms with Gasteiger partial charge < -0.3 is 5.32 Å². The van der Waals surface area contributed by atoms with Gasteiger partial charge in [-0.15, -0.1) is 5.10 Å². The Morgan fingerprint density at radius 3 is 2.61 bits per heavy atom. The third kappa shape index (κ3) is 3.63. The molecule has 146 valence electrons. The zero-order chi connectivity index (χ0) is 19.7. The summed E-state index contributed by atoms with van der Waals surface area (Å²) in [6.07, 6.45) is 4.25. The fourth-order valence-electron chi connectivity index (χ4n) is 4.03. The van der Waals surface area contributed by atoms with Gasteiger partial charge in [-0.2, -0.15) is 4.68 Å². The number of halogens is 1. The van der Waals surface area contributed by atoms with E-state index in [2.05, 4.69) is 59.0 Å². The van der Waals surface area contributed by atoms with E-state index in [1.165, 1.54) is 5.56 Å². The van der Waals surface area contributed by atoms with Gasteiger partial charge in [-0.05, 0) is 91.3 Å². The summed E-state index contributed by atoms with van der Waals surface area (Å²) in [5, 5.41) is 17.3. The Bertz CT molecular complexity index is 973. The molecule has 2 aromatic carbocycles. The van der Waals surface area contributed by atoms with Crippen LogP contribution in [0.25, 0.3) is 5.69 Å². The maximum absolute atomic E-state index is 6.37. The fraction of sp³-hybridized carbons (Fsp3) is 0.409. The number of nitrogens with zero attached hydrogens (tertiary/aromatic N) is 4. The lowest BCUT2D eigenvalue weighted by atomic mass is 9.76. The maximum atomic E-state index is 6.37. The minimum absolute atomic E-state index is 0.304. The number of hydrogen-bond acceptors (Lipinski definition) is 4. The molecule has 1 N–H and O–H groups in total. The first-order valence-corrected chi connectivity index (χ1v) is 10.2. The highest BCUT2D eigenvalue weighted by atomic mass is 35.5. The molecule has 0 aliphatic heterocycles. The van der Waals surface area contributed by atoms with Crippen molar-refractivity contribution in [2.24, 2.45) is 5.92 Å². The maximum Gasteiger partial charge on any atom is 0.181 e. The highest BCUT2D eigenvalue weighted by Gasteiger charge is 2.41. The third-order valence-electron chi connectivity index (χ3n) is 5.83. The zero-order valence-electron chi connectivity index (χ0n) is 16.6. The lowest BCUT2D eigenvalue weighted by molar-refractivity contribution is 0.255. The second-order valence-corrected chi connectivity index (χ2v) is 8.51. The normalized spacial score (nSPS) is 22.2. The summed E-state index contributed by atoms with van der Waals surface area (Å²) in [5.41, 5.74) is 3.96. The Kier molecular flexibility index (Phi) is 5.11. The Morgan fingerprint density at radius 1 is 1.11 bits per heavy atom. The summed E-state index contributed by atoms with van der Waals surface area (Å²) in [7, 11) is 0. The van der Waals surface area contributed by atoms with Crippen LogP contribution in [0, 0.1) is 19.8 Å². The largest absolute Gasteiger partial charge is 0.373 e. The second-order valence-electron chi connectivity index (χ2n) is 8.11. The van der Waals surface area contributed by atoms with E-state index in [1.807, 2.05) is 29.8 Å². The highest BCUT2D eigenvalue weighted by Crippen LogP contribution is 2.41. The number of tetrazole rings is 1. The molecular weight excluding hydrogens is 370 g/mol. The summed E-state index contributed by atoms with van der Waals surface area (Å²) < 4.78 is 1.84. The Balaban J connectivity index is 1.78. The highest BCUT2D eigenvalue weighted by molar-refractivity contribution is 6.31. The van der Waals surface area contributed by atoms with Crippen molar-refractivity contribution in [2.75, 3.05) is 5.32 Å². The van der Waals surface area contributed by atoms with E-state index in [0.29, 0.717) is 5.92 Å². The van der Waals surface area contributed by atoms with E-state index in [9.17, 15) is 0 Å². The number of aromatic nitrogens is 4. The summed E-state index contributed by atoms with van der Waals surface area (Å²) in [6, 6.07) is 14.4. The molecular formula is C22H26ClN5. The van der Waals surface area contributed by atoms with Crippen LogP contribution in [-0.4, -0.2) is 20.2 Å². The van der Waals surface area contributed by atoms with Crippen molar-refractivity contribution < 1.29 is 0 Å². The van der Waals surface area contributed by atoms with E-state index in [1.54, 1.807) is 0 Å². The van der Waals surface area contributed by atoms with Gasteiger partial charge in [0.1, 0.15) is 0 Å². The number of hydrogen-bond donors (Lipinski definition) is 1. The van der Waals surface area contributed by atoms with Crippen LogP contribution in [0.1, 0.15) is 49.6 Å². The van der Waals surface area contributed by atoms with Crippen LogP contribution in [0.2, 0.25) is 5.02 Å². The van der Waals surface area contributed by atoms with Gasteiger partial charge in [0.2, 0.25) is 0 Å². The molecule has 0 atom stereocenters. The van der Waals surface area contributed by atoms with Crippen LogP contribution < -0.4 is 5.32 Å². The summed E-state index contributed by atoms with van der Waals surface area (Å²) in [6.45, 7) is 6.42. The topological polar surface area (TPSA) is 55.6 Å².